The monoisotopic (exact) mass is 563 g/mol. The molecule has 2 amide bonds. The average Bonchev–Trinajstić information content (AvgIpc) is 2.92. The van der Waals surface area contributed by atoms with Crippen LogP contribution in [0.25, 0.3) is 0 Å². The minimum absolute atomic E-state index is 0.0527. The van der Waals surface area contributed by atoms with E-state index in [1.165, 1.54) is 17.0 Å². The molecule has 0 aromatic heterocycles. The van der Waals surface area contributed by atoms with Crippen molar-refractivity contribution in [1.29, 1.82) is 0 Å². The zero-order valence-corrected chi connectivity index (χ0v) is 25.2. The van der Waals surface area contributed by atoms with Crippen LogP contribution in [0.2, 0.25) is 0 Å². The van der Waals surface area contributed by atoms with Gasteiger partial charge in [-0.25, -0.2) is 8.42 Å². The van der Waals surface area contributed by atoms with Gasteiger partial charge in [0.25, 0.3) is 10.0 Å². The summed E-state index contributed by atoms with van der Waals surface area (Å²) in [5.41, 5.74) is 4.11. The van der Waals surface area contributed by atoms with Gasteiger partial charge in [0.05, 0.1) is 10.6 Å². The van der Waals surface area contributed by atoms with Crippen LogP contribution in [-0.2, 0) is 26.2 Å². The van der Waals surface area contributed by atoms with Gasteiger partial charge in [-0.15, -0.1) is 0 Å². The number of carbonyl (C=O) groups excluding carboxylic acids is 2. The maximum Gasteiger partial charge on any atom is 0.264 e. The molecule has 0 saturated carbocycles. The number of nitrogens with zero attached hydrogens (tertiary/aromatic N) is 2. The van der Waals surface area contributed by atoms with E-state index >= 15 is 0 Å². The second kappa shape index (κ2) is 13.6. The fraction of sp³-hybridized carbons (Fsp3) is 0.375. The molecule has 214 valence electrons. The second-order valence-electron chi connectivity index (χ2n) is 10.4. The van der Waals surface area contributed by atoms with E-state index in [1.54, 1.807) is 30.3 Å². The molecular formula is C32H41N3O4S. The van der Waals surface area contributed by atoms with Gasteiger partial charge in [-0.05, 0) is 81.5 Å². The van der Waals surface area contributed by atoms with Gasteiger partial charge in [0.2, 0.25) is 11.8 Å². The number of aryl methyl sites for hydroxylation is 3. The summed E-state index contributed by atoms with van der Waals surface area (Å²) in [4.78, 5) is 29.1. The Bertz CT molecular complexity index is 1390. The van der Waals surface area contributed by atoms with Crippen LogP contribution in [0.1, 0.15) is 55.9 Å². The van der Waals surface area contributed by atoms with Crippen molar-refractivity contribution in [1.82, 2.24) is 10.2 Å². The Labute approximate surface area is 239 Å². The van der Waals surface area contributed by atoms with Gasteiger partial charge >= 0.3 is 0 Å². The largest absolute Gasteiger partial charge is 0.352 e. The van der Waals surface area contributed by atoms with Crippen LogP contribution in [0.3, 0.4) is 0 Å². The summed E-state index contributed by atoms with van der Waals surface area (Å²) in [5, 5.41) is 3.00. The first-order valence-corrected chi connectivity index (χ1v) is 15.2. The zero-order chi connectivity index (χ0) is 29.4. The molecule has 8 heteroatoms. The highest BCUT2D eigenvalue weighted by atomic mass is 32.2. The summed E-state index contributed by atoms with van der Waals surface area (Å²) in [5.74, 6) is -0.702. The van der Waals surface area contributed by atoms with Crippen LogP contribution in [0.5, 0.6) is 0 Å². The van der Waals surface area contributed by atoms with E-state index in [2.05, 4.69) is 5.32 Å². The summed E-state index contributed by atoms with van der Waals surface area (Å²) in [6.07, 6.45) is 1.14. The van der Waals surface area contributed by atoms with Crippen LogP contribution in [0.15, 0.2) is 77.7 Å². The number of anilines is 1. The molecule has 2 atom stereocenters. The number of sulfonamides is 1. The van der Waals surface area contributed by atoms with Crippen LogP contribution < -0.4 is 9.62 Å². The minimum Gasteiger partial charge on any atom is -0.352 e. The predicted molar refractivity (Wildman–Crippen MR) is 161 cm³/mol. The smallest absolute Gasteiger partial charge is 0.264 e. The molecule has 7 nitrogen and oxygen atoms in total. The van der Waals surface area contributed by atoms with E-state index in [1.807, 2.05) is 71.9 Å². The molecule has 3 rings (SSSR count). The van der Waals surface area contributed by atoms with Crippen LogP contribution in [0, 0.1) is 20.8 Å². The number of hydrogen-bond acceptors (Lipinski definition) is 4. The van der Waals surface area contributed by atoms with Crippen molar-refractivity contribution in [3.63, 3.8) is 0 Å². The number of nitrogens with one attached hydrogen (secondary N) is 1. The molecule has 0 fully saturated rings. The Balaban J connectivity index is 2.07. The summed E-state index contributed by atoms with van der Waals surface area (Å²) in [6.45, 7) is 11.3. The van der Waals surface area contributed by atoms with Gasteiger partial charge in [-0.1, -0.05) is 67.9 Å². The number of benzene rings is 3. The Morgan fingerprint density at radius 1 is 0.825 bits per heavy atom. The van der Waals surface area contributed by atoms with Gasteiger partial charge in [-0.2, -0.15) is 0 Å². The van der Waals surface area contributed by atoms with Crippen molar-refractivity contribution in [2.45, 2.75) is 77.9 Å². The van der Waals surface area contributed by atoms with Crippen molar-refractivity contribution >= 4 is 27.5 Å². The molecule has 0 heterocycles. The number of rotatable bonds is 12. The van der Waals surface area contributed by atoms with Gasteiger partial charge in [0, 0.05) is 12.6 Å². The van der Waals surface area contributed by atoms with E-state index in [-0.39, 0.29) is 23.4 Å². The quantitative estimate of drug-likeness (QED) is 0.314. The number of carbonyl (C=O) groups is 2. The molecule has 0 saturated heterocycles. The van der Waals surface area contributed by atoms with Gasteiger partial charge in [0.15, 0.2) is 0 Å². The van der Waals surface area contributed by atoms with Crippen molar-refractivity contribution in [2.24, 2.45) is 0 Å². The molecule has 0 aliphatic rings. The first-order valence-electron chi connectivity index (χ1n) is 13.8. The van der Waals surface area contributed by atoms with Crippen LogP contribution in [-0.4, -0.2) is 43.8 Å². The van der Waals surface area contributed by atoms with Crippen molar-refractivity contribution in [3.8, 4) is 0 Å². The molecule has 3 aromatic carbocycles. The molecule has 1 N–H and O–H groups in total. The Kier molecular flexibility index (Phi) is 10.5. The summed E-state index contributed by atoms with van der Waals surface area (Å²) in [6, 6.07) is 20.5. The third-order valence-electron chi connectivity index (χ3n) is 6.96. The van der Waals surface area contributed by atoms with Crippen molar-refractivity contribution in [3.05, 3.63) is 95.1 Å². The average molecular weight is 564 g/mol. The van der Waals surface area contributed by atoms with E-state index < -0.39 is 28.5 Å². The topological polar surface area (TPSA) is 86.8 Å². The first kappa shape index (κ1) is 30.9. The Morgan fingerprint density at radius 3 is 1.98 bits per heavy atom. The Hall–Kier alpha value is -3.65. The lowest BCUT2D eigenvalue weighted by atomic mass is 10.1. The Morgan fingerprint density at radius 2 is 1.43 bits per heavy atom. The van der Waals surface area contributed by atoms with Crippen LogP contribution in [0.4, 0.5) is 5.69 Å². The molecule has 3 aromatic rings. The molecule has 0 bridgehead atoms. The molecule has 0 unspecified atom stereocenters. The number of hydrogen-bond donors (Lipinski definition) is 1. The lowest BCUT2D eigenvalue weighted by Crippen LogP contribution is -2.53. The van der Waals surface area contributed by atoms with Gasteiger partial charge in [-0.3, -0.25) is 13.9 Å². The summed E-state index contributed by atoms with van der Waals surface area (Å²) < 4.78 is 29.0. The molecule has 40 heavy (non-hydrogen) atoms. The molecule has 0 aliphatic heterocycles. The van der Waals surface area contributed by atoms with E-state index in [0.717, 1.165) is 33.0 Å². The van der Waals surface area contributed by atoms with Gasteiger partial charge < -0.3 is 10.2 Å². The molecular weight excluding hydrogens is 522 g/mol. The molecule has 0 radical (unpaired) electrons. The second-order valence-corrected chi connectivity index (χ2v) is 12.3. The van der Waals surface area contributed by atoms with E-state index in [9.17, 15) is 18.0 Å². The highest BCUT2D eigenvalue weighted by Crippen LogP contribution is 2.27. The third kappa shape index (κ3) is 7.72. The van der Waals surface area contributed by atoms with Gasteiger partial charge in [0.1, 0.15) is 12.6 Å². The van der Waals surface area contributed by atoms with E-state index in [4.69, 9.17) is 0 Å². The summed E-state index contributed by atoms with van der Waals surface area (Å²) in [7, 11) is -4.09. The molecule has 0 aliphatic carbocycles. The predicted octanol–water partition coefficient (Wildman–Crippen LogP) is 5.53. The standard InChI is InChI=1S/C32H41N3O4S/c1-7-26(6)33-32(37)30(8-2)34(21-27-16-14-23(3)15-17-27)31(36)22-35(28-19-24(4)18-25(5)20-28)40(38,39)29-12-10-9-11-13-29/h9-20,26,30H,7-8,21-22H2,1-6H3,(H,33,37)/t26-,30-/m0/s1. The first-order chi connectivity index (χ1) is 19.0. The maximum absolute atomic E-state index is 14.1. The normalized spacial score (nSPS) is 12.8. The van der Waals surface area contributed by atoms with E-state index in [0.29, 0.717) is 12.1 Å². The fourth-order valence-electron chi connectivity index (χ4n) is 4.59. The lowest BCUT2D eigenvalue weighted by molar-refractivity contribution is -0.140. The lowest BCUT2D eigenvalue weighted by Gasteiger charge is -2.34. The highest BCUT2D eigenvalue weighted by molar-refractivity contribution is 7.92. The van der Waals surface area contributed by atoms with Crippen molar-refractivity contribution in [2.75, 3.05) is 10.8 Å². The van der Waals surface area contributed by atoms with Crippen molar-refractivity contribution < 1.29 is 18.0 Å². The molecule has 0 spiro atoms. The SMILES string of the molecule is CC[C@H](C)NC(=O)[C@H](CC)N(Cc1ccc(C)cc1)C(=O)CN(c1cc(C)cc(C)c1)S(=O)(=O)c1ccccc1. The third-order valence-corrected chi connectivity index (χ3v) is 8.75. The number of amides is 2. The zero-order valence-electron chi connectivity index (χ0n) is 24.3. The minimum atomic E-state index is -4.09. The highest BCUT2D eigenvalue weighted by Gasteiger charge is 2.34. The maximum atomic E-state index is 14.1. The van der Waals surface area contributed by atoms with Crippen LogP contribution >= 0.6 is 0 Å². The fourth-order valence-corrected chi connectivity index (χ4v) is 6.01. The summed E-state index contributed by atoms with van der Waals surface area (Å²) >= 11 is 0.